The Labute approximate surface area is 104 Å². The summed E-state index contributed by atoms with van der Waals surface area (Å²) in [6, 6.07) is 4.25. The summed E-state index contributed by atoms with van der Waals surface area (Å²) >= 11 is 0. The molecule has 2 N–H and O–H groups in total. The minimum Gasteiger partial charge on any atom is -0.392 e. The van der Waals surface area contributed by atoms with Gasteiger partial charge in [-0.15, -0.1) is 0 Å². The van der Waals surface area contributed by atoms with Crippen LogP contribution in [0.4, 0.5) is 0 Å². The van der Waals surface area contributed by atoms with Crippen LogP contribution in [0.2, 0.25) is 0 Å². The van der Waals surface area contributed by atoms with Crippen molar-refractivity contribution in [1.82, 2.24) is 10.3 Å². The van der Waals surface area contributed by atoms with Crippen molar-refractivity contribution in [2.45, 2.75) is 45.8 Å². The normalized spacial score (nSPS) is 14.9. The van der Waals surface area contributed by atoms with Crippen LogP contribution in [0.15, 0.2) is 24.5 Å². The summed E-state index contributed by atoms with van der Waals surface area (Å²) in [6.45, 7) is 7.01. The van der Waals surface area contributed by atoms with Crippen LogP contribution in [0.25, 0.3) is 0 Å². The summed E-state index contributed by atoms with van der Waals surface area (Å²) < 4.78 is 0. The lowest BCUT2D eigenvalue weighted by Crippen LogP contribution is -2.33. The monoisotopic (exact) mass is 236 g/mol. The van der Waals surface area contributed by atoms with E-state index >= 15 is 0 Å². The Balaban J connectivity index is 2.40. The molecule has 1 aromatic heterocycles. The lowest BCUT2D eigenvalue weighted by atomic mass is 9.96. The molecule has 96 valence electrons. The Hall–Kier alpha value is -0.930. The number of aliphatic hydroxyl groups is 1. The van der Waals surface area contributed by atoms with E-state index in [1.807, 2.05) is 12.1 Å². The highest BCUT2D eigenvalue weighted by molar-refractivity contribution is 5.13. The second-order valence-electron chi connectivity index (χ2n) is 4.55. The first-order valence-electron chi connectivity index (χ1n) is 6.50. The molecule has 2 atom stereocenters. The number of aliphatic hydroxyl groups excluding tert-OH is 1. The van der Waals surface area contributed by atoms with Crippen molar-refractivity contribution in [1.29, 1.82) is 0 Å². The van der Waals surface area contributed by atoms with Gasteiger partial charge in [-0.3, -0.25) is 4.98 Å². The molecule has 2 unspecified atom stereocenters. The third-order valence-corrected chi connectivity index (χ3v) is 3.43. The SMILES string of the molecule is CCC(CC)C(O)CNC(C)c1ccncc1. The molecule has 0 aliphatic carbocycles. The molecule has 3 nitrogen and oxygen atoms in total. The molecule has 0 amide bonds. The highest BCUT2D eigenvalue weighted by Crippen LogP contribution is 2.14. The number of nitrogens with zero attached hydrogens (tertiary/aromatic N) is 1. The zero-order valence-corrected chi connectivity index (χ0v) is 11.1. The number of hydrogen-bond acceptors (Lipinski definition) is 3. The molecule has 1 heterocycles. The number of hydrogen-bond donors (Lipinski definition) is 2. The molecule has 0 saturated carbocycles. The molecule has 0 bridgehead atoms. The van der Waals surface area contributed by atoms with Crippen molar-refractivity contribution in [3.8, 4) is 0 Å². The van der Waals surface area contributed by atoms with Crippen molar-refractivity contribution in [3.05, 3.63) is 30.1 Å². The van der Waals surface area contributed by atoms with Gasteiger partial charge in [0, 0.05) is 25.0 Å². The largest absolute Gasteiger partial charge is 0.392 e. The smallest absolute Gasteiger partial charge is 0.0692 e. The van der Waals surface area contributed by atoms with Crippen LogP contribution in [0.1, 0.15) is 45.2 Å². The van der Waals surface area contributed by atoms with E-state index in [2.05, 4.69) is 31.1 Å². The lowest BCUT2D eigenvalue weighted by Gasteiger charge is -2.23. The van der Waals surface area contributed by atoms with Gasteiger partial charge in [-0.1, -0.05) is 26.7 Å². The highest BCUT2D eigenvalue weighted by atomic mass is 16.3. The first-order chi connectivity index (χ1) is 8.19. The van der Waals surface area contributed by atoms with Crippen LogP contribution < -0.4 is 5.32 Å². The van der Waals surface area contributed by atoms with E-state index in [0.29, 0.717) is 12.5 Å². The maximum atomic E-state index is 10.0. The summed E-state index contributed by atoms with van der Waals surface area (Å²) in [5.74, 6) is 0.396. The fourth-order valence-corrected chi connectivity index (χ4v) is 2.07. The van der Waals surface area contributed by atoms with E-state index in [1.165, 1.54) is 5.56 Å². The third-order valence-electron chi connectivity index (χ3n) is 3.43. The van der Waals surface area contributed by atoms with Gasteiger partial charge in [-0.05, 0) is 30.5 Å². The molecule has 3 heteroatoms. The fraction of sp³-hybridized carbons (Fsp3) is 0.643. The fourth-order valence-electron chi connectivity index (χ4n) is 2.07. The predicted molar refractivity (Wildman–Crippen MR) is 70.7 cm³/mol. The maximum absolute atomic E-state index is 10.0. The van der Waals surface area contributed by atoms with Crippen molar-refractivity contribution < 1.29 is 5.11 Å². The third kappa shape index (κ3) is 4.44. The number of pyridine rings is 1. The zero-order chi connectivity index (χ0) is 12.7. The Morgan fingerprint density at radius 3 is 2.35 bits per heavy atom. The predicted octanol–water partition coefficient (Wildman–Crippen LogP) is 2.53. The molecule has 17 heavy (non-hydrogen) atoms. The van der Waals surface area contributed by atoms with E-state index in [-0.39, 0.29) is 12.1 Å². The molecule has 0 aliphatic heterocycles. The van der Waals surface area contributed by atoms with Gasteiger partial charge < -0.3 is 10.4 Å². The van der Waals surface area contributed by atoms with Crippen molar-refractivity contribution >= 4 is 0 Å². The van der Waals surface area contributed by atoms with Gasteiger partial charge in [0.2, 0.25) is 0 Å². The highest BCUT2D eigenvalue weighted by Gasteiger charge is 2.16. The van der Waals surface area contributed by atoms with Gasteiger partial charge in [0.1, 0.15) is 0 Å². The standard InChI is InChI=1S/C14H24N2O/c1-4-12(5-2)14(17)10-16-11(3)13-6-8-15-9-7-13/h6-9,11-12,14,16-17H,4-5,10H2,1-3H3. The molecular weight excluding hydrogens is 212 g/mol. The van der Waals surface area contributed by atoms with Crippen LogP contribution >= 0.6 is 0 Å². The number of rotatable bonds is 7. The second-order valence-corrected chi connectivity index (χ2v) is 4.55. The first-order valence-corrected chi connectivity index (χ1v) is 6.50. The first kappa shape index (κ1) is 14.1. The lowest BCUT2D eigenvalue weighted by molar-refractivity contribution is 0.0989. The number of aromatic nitrogens is 1. The number of nitrogens with one attached hydrogen (secondary N) is 1. The van der Waals surface area contributed by atoms with E-state index in [1.54, 1.807) is 12.4 Å². The molecule has 0 aliphatic rings. The van der Waals surface area contributed by atoms with Crippen molar-refractivity contribution in [2.75, 3.05) is 6.54 Å². The quantitative estimate of drug-likeness (QED) is 0.764. The molecule has 0 radical (unpaired) electrons. The molecular formula is C14H24N2O. The van der Waals surface area contributed by atoms with Crippen LogP contribution in [-0.2, 0) is 0 Å². The zero-order valence-electron chi connectivity index (χ0n) is 11.1. The average molecular weight is 236 g/mol. The average Bonchev–Trinajstić information content (AvgIpc) is 2.38. The Morgan fingerprint density at radius 2 is 1.82 bits per heavy atom. The van der Waals surface area contributed by atoms with Gasteiger partial charge in [-0.25, -0.2) is 0 Å². The van der Waals surface area contributed by atoms with Crippen LogP contribution in [-0.4, -0.2) is 22.7 Å². The van der Waals surface area contributed by atoms with Gasteiger partial charge in [-0.2, -0.15) is 0 Å². The molecule has 1 aromatic rings. The van der Waals surface area contributed by atoms with Crippen LogP contribution in [0, 0.1) is 5.92 Å². The Bertz CT molecular complexity index is 298. The minimum atomic E-state index is -0.255. The summed E-state index contributed by atoms with van der Waals surface area (Å²) in [6.07, 6.45) is 5.40. The molecule has 0 fully saturated rings. The van der Waals surface area contributed by atoms with Gasteiger partial charge in [0.05, 0.1) is 6.10 Å². The summed E-state index contributed by atoms with van der Waals surface area (Å²) in [4.78, 5) is 4.00. The van der Waals surface area contributed by atoms with Gasteiger partial charge in [0.25, 0.3) is 0 Å². The van der Waals surface area contributed by atoms with E-state index < -0.39 is 0 Å². The van der Waals surface area contributed by atoms with Gasteiger partial charge >= 0.3 is 0 Å². The van der Waals surface area contributed by atoms with E-state index in [9.17, 15) is 5.11 Å². The molecule has 1 rings (SSSR count). The van der Waals surface area contributed by atoms with Crippen molar-refractivity contribution in [2.24, 2.45) is 5.92 Å². The summed E-state index contributed by atoms with van der Waals surface area (Å²) in [7, 11) is 0. The molecule has 0 spiro atoms. The second kappa shape index (κ2) is 7.41. The Kier molecular flexibility index (Phi) is 6.16. The summed E-state index contributed by atoms with van der Waals surface area (Å²) in [5.41, 5.74) is 1.21. The van der Waals surface area contributed by atoms with E-state index in [4.69, 9.17) is 0 Å². The van der Waals surface area contributed by atoms with Crippen LogP contribution in [0.3, 0.4) is 0 Å². The van der Waals surface area contributed by atoms with E-state index in [0.717, 1.165) is 12.8 Å². The summed E-state index contributed by atoms with van der Waals surface area (Å²) in [5, 5.41) is 13.4. The maximum Gasteiger partial charge on any atom is 0.0692 e. The topological polar surface area (TPSA) is 45.1 Å². The van der Waals surface area contributed by atoms with Crippen LogP contribution in [0.5, 0.6) is 0 Å². The van der Waals surface area contributed by atoms with Crippen molar-refractivity contribution in [3.63, 3.8) is 0 Å². The molecule has 0 aromatic carbocycles. The minimum absolute atomic E-state index is 0.252. The van der Waals surface area contributed by atoms with Gasteiger partial charge in [0.15, 0.2) is 0 Å². The Morgan fingerprint density at radius 1 is 1.24 bits per heavy atom. The molecule has 0 saturated heterocycles.